The van der Waals surface area contributed by atoms with Crippen molar-refractivity contribution < 1.29 is 4.79 Å². The first-order chi connectivity index (χ1) is 13.1. The monoisotopic (exact) mass is 384 g/mol. The molecule has 0 saturated heterocycles. The second kappa shape index (κ2) is 8.57. The second-order valence-corrected chi connectivity index (χ2v) is 7.90. The number of hydrogen-bond donors (Lipinski definition) is 1. The Bertz CT molecular complexity index is 926. The van der Waals surface area contributed by atoms with Crippen molar-refractivity contribution in [2.75, 3.05) is 5.75 Å². The largest absolute Gasteiger partial charge is 0.337 e. The Kier molecular flexibility index (Phi) is 6.17. The number of nitrogens with one attached hydrogen (secondary N) is 1. The average Bonchev–Trinajstić information content (AvgIpc) is 3.15. The van der Waals surface area contributed by atoms with Gasteiger partial charge in [0.05, 0.1) is 22.7 Å². The van der Waals surface area contributed by atoms with E-state index in [2.05, 4.69) is 23.3 Å². The molecule has 1 heterocycles. The lowest BCUT2D eigenvalue weighted by atomic mass is 10.0. The van der Waals surface area contributed by atoms with E-state index in [0.717, 1.165) is 25.7 Å². The van der Waals surface area contributed by atoms with Gasteiger partial charge in [-0.2, -0.15) is 5.26 Å². The third kappa shape index (κ3) is 4.33. The molecule has 2 aromatic rings. The van der Waals surface area contributed by atoms with Crippen LogP contribution < -0.4 is 10.9 Å². The Morgan fingerprint density at radius 2 is 2.11 bits per heavy atom. The first kappa shape index (κ1) is 19.4. The molecule has 1 fully saturated rings. The molecule has 3 rings (SSSR count). The minimum Gasteiger partial charge on any atom is -0.337 e. The third-order valence-electron chi connectivity index (χ3n) is 4.94. The van der Waals surface area contributed by atoms with Crippen LogP contribution in [0.1, 0.15) is 45.4 Å². The van der Waals surface area contributed by atoms with Gasteiger partial charge in [-0.1, -0.05) is 37.2 Å². The molecule has 1 aromatic heterocycles. The lowest BCUT2D eigenvalue weighted by Gasteiger charge is -2.22. The summed E-state index contributed by atoms with van der Waals surface area (Å²) in [5.74, 6) is -0.0479. The molecule has 7 heteroatoms. The van der Waals surface area contributed by atoms with Gasteiger partial charge >= 0.3 is 0 Å². The highest BCUT2D eigenvalue weighted by Gasteiger charge is 2.35. The van der Waals surface area contributed by atoms with E-state index in [1.165, 1.54) is 11.8 Å². The molecule has 0 radical (unpaired) electrons. The van der Waals surface area contributed by atoms with Crippen molar-refractivity contribution in [3.05, 3.63) is 34.6 Å². The number of benzene rings is 1. The standard InChI is InChI=1S/C20H24N4O2S/c1-2-3-12-24-18(26)15-8-4-5-9-16(15)22-19(24)27-13-17(25)23-20(14-21)10-6-7-11-20/h4-5,8-9H,2-3,6-7,10-13H2,1H3,(H,23,25). The van der Waals surface area contributed by atoms with Crippen LogP contribution in [0, 0.1) is 11.3 Å². The average molecular weight is 385 g/mol. The van der Waals surface area contributed by atoms with Gasteiger partial charge in [0.15, 0.2) is 5.16 Å². The number of aromatic nitrogens is 2. The van der Waals surface area contributed by atoms with Crippen LogP contribution in [0.15, 0.2) is 34.2 Å². The fraction of sp³-hybridized carbons (Fsp3) is 0.500. The van der Waals surface area contributed by atoms with Crippen LogP contribution in [0.25, 0.3) is 10.9 Å². The zero-order valence-electron chi connectivity index (χ0n) is 15.5. The third-order valence-corrected chi connectivity index (χ3v) is 5.92. The van der Waals surface area contributed by atoms with Gasteiger partial charge in [-0.05, 0) is 44.2 Å². The smallest absolute Gasteiger partial charge is 0.262 e. The Labute approximate surface area is 163 Å². The normalized spacial score (nSPS) is 15.6. The summed E-state index contributed by atoms with van der Waals surface area (Å²) >= 11 is 1.26. The van der Waals surface area contributed by atoms with E-state index in [4.69, 9.17) is 0 Å². The number of hydrogen-bond acceptors (Lipinski definition) is 5. The van der Waals surface area contributed by atoms with Gasteiger partial charge < -0.3 is 5.32 Å². The van der Waals surface area contributed by atoms with Crippen molar-refractivity contribution in [3.63, 3.8) is 0 Å². The number of rotatable bonds is 7. The minimum atomic E-state index is -0.726. The second-order valence-electron chi connectivity index (χ2n) is 6.96. The molecule has 1 N–H and O–H groups in total. The molecule has 0 bridgehead atoms. The molecule has 0 unspecified atom stereocenters. The van der Waals surface area contributed by atoms with Crippen molar-refractivity contribution in [3.8, 4) is 6.07 Å². The van der Waals surface area contributed by atoms with Gasteiger partial charge in [0.25, 0.3) is 5.56 Å². The fourth-order valence-corrected chi connectivity index (χ4v) is 4.27. The van der Waals surface area contributed by atoms with E-state index in [1.54, 1.807) is 10.6 Å². The number of nitrogens with zero attached hydrogens (tertiary/aromatic N) is 3. The summed E-state index contributed by atoms with van der Waals surface area (Å²) in [6.07, 6.45) is 5.17. The lowest BCUT2D eigenvalue weighted by Crippen LogP contribution is -2.45. The van der Waals surface area contributed by atoms with Crippen LogP contribution in [-0.4, -0.2) is 26.8 Å². The Morgan fingerprint density at radius 1 is 1.37 bits per heavy atom. The maximum atomic E-state index is 12.8. The molecule has 0 atom stereocenters. The van der Waals surface area contributed by atoms with Crippen molar-refractivity contribution in [2.24, 2.45) is 0 Å². The summed E-state index contributed by atoms with van der Waals surface area (Å²) in [5.41, 5.74) is -0.153. The zero-order valence-corrected chi connectivity index (χ0v) is 16.3. The number of unbranched alkanes of at least 4 members (excludes halogenated alkanes) is 1. The molecule has 1 aromatic carbocycles. The summed E-state index contributed by atoms with van der Waals surface area (Å²) in [7, 11) is 0. The molecule has 27 heavy (non-hydrogen) atoms. The SMILES string of the molecule is CCCCn1c(SCC(=O)NC2(C#N)CCCC2)nc2ccccc2c1=O. The Balaban J connectivity index is 1.80. The molecule has 1 amide bonds. The highest BCUT2D eigenvalue weighted by atomic mass is 32.2. The van der Waals surface area contributed by atoms with Crippen LogP contribution in [0.2, 0.25) is 0 Å². The maximum Gasteiger partial charge on any atom is 0.262 e. The lowest BCUT2D eigenvalue weighted by molar-refractivity contribution is -0.119. The van der Waals surface area contributed by atoms with Crippen molar-refractivity contribution in [1.29, 1.82) is 5.26 Å². The van der Waals surface area contributed by atoms with E-state index < -0.39 is 5.54 Å². The summed E-state index contributed by atoms with van der Waals surface area (Å²) in [5, 5.41) is 13.5. The van der Waals surface area contributed by atoms with Gasteiger partial charge in [0, 0.05) is 6.54 Å². The summed E-state index contributed by atoms with van der Waals surface area (Å²) in [6, 6.07) is 9.55. The maximum absolute atomic E-state index is 12.8. The van der Waals surface area contributed by atoms with Crippen LogP contribution >= 0.6 is 11.8 Å². The number of amides is 1. The minimum absolute atomic E-state index is 0.0683. The van der Waals surface area contributed by atoms with E-state index in [1.807, 2.05) is 18.2 Å². The highest BCUT2D eigenvalue weighted by molar-refractivity contribution is 7.99. The number of thioether (sulfide) groups is 1. The summed E-state index contributed by atoms with van der Waals surface area (Å²) in [6.45, 7) is 2.65. The molecule has 1 aliphatic rings. The van der Waals surface area contributed by atoms with E-state index in [-0.39, 0.29) is 17.2 Å². The molecular weight excluding hydrogens is 360 g/mol. The van der Waals surface area contributed by atoms with E-state index in [0.29, 0.717) is 35.4 Å². The Morgan fingerprint density at radius 3 is 2.81 bits per heavy atom. The molecule has 1 saturated carbocycles. The highest BCUT2D eigenvalue weighted by Crippen LogP contribution is 2.29. The van der Waals surface area contributed by atoms with Crippen LogP contribution in [0.4, 0.5) is 0 Å². The number of fused-ring (bicyclic) bond motifs is 1. The van der Waals surface area contributed by atoms with Crippen LogP contribution in [0.5, 0.6) is 0 Å². The van der Waals surface area contributed by atoms with Gasteiger partial charge in [0.2, 0.25) is 5.91 Å². The summed E-state index contributed by atoms with van der Waals surface area (Å²) in [4.78, 5) is 29.9. The number of nitriles is 1. The number of para-hydroxylation sites is 1. The quantitative estimate of drug-likeness (QED) is 0.585. The molecule has 6 nitrogen and oxygen atoms in total. The van der Waals surface area contributed by atoms with E-state index >= 15 is 0 Å². The predicted molar refractivity (Wildman–Crippen MR) is 107 cm³/mol. The molecule has 142 valence electrons. The fourth-order valence-electron chi connectivity index (χ4n) is 3.45. The van der Waals surface area contributed by atoms with E-state index in [9.17, 15) is 14.9 Å². The van der Waals surface area contributed by atoms with Gasteiger partial charge in [-0.25, -0.2) is 4.98 Å². The molecular formula is C20H24N4O2S. The van der Waals surface area contributed by atoms with Crippen LogP contribution in [0.3, 0.4) is 0 Å². The van der Waals surface area contributed by atoms with Gasteiger partial charge in [0.1, 0.15) is 5.54 Å². The van der Waals surface area contributed by atoms with Gasteiger partial charge in [-0.3, -0.25) is 14.2 Å². The molecule has 1 aliphatic carbocycles. The predicted octanol–water partition coefficient (Wildman–Crippen LogP) is 3.24. The molecule has 0 aliphatic heterocycles. The Hall–Kier alpha value is -2.33. The summed E-state index contributed by atoms with van der Waals surface area (Å²) < 4.78 is 1.67. The number of carbonyl (C=O) groups is 1. The zero-order chi connectivity index (χ0) is 19.3. The van der Waals surface area contributed by atoms with Crippen molar-refractivity contribution in [1.82, 2.24) is 14.9 Å². The van der Waals surface area contributed by atoms with Crippen molar-refractivity contribution >= 4 is 28.6 Å². The number of carbonyl (C=O) groups excluding carboxylic acids is 1. The topological polar surface area (TPSA) is 87.8 Å². The van der Waals surface area contributed by atoms with Crippen LogP contribution in [-0.2, 0) is 11.3 Å². The first-order valence-electron chi connectivity index (χ1n) is 9.43. The molecule has 0 spiro atoms. The first-order valence-corrected chi connectivity index (χ1v) is 10.4. The van der Waals surface area contributed by atoms with Gasteiger partial charge in [-0.15, -0.1) is 0 Å². The van der Waals surface area contributed by atoms with Crippen molar-refractivity contribution in [2.45, 2.75) is 62.7 Å².